The number of benzene rings is 1. The lowest BCUT2D eigenvalue weighted by Gasteiger charge is -2.20. The van der Waals surface area contributed by atoms with Gasteiger partial charge in [0.25, 0.3) is 10.1 Å². The van der Waals surface area contributed by atoms with Gasteiger partial charge in [-0.25, -0.2) is 4.79 Å². The minimum atomic E-state index is -4.49. The smallest absolute Gasteiger partial charge is 0.339 e. The van der Waals surface area contributed by atoms with E-state index in [9.17, 15) is 18.0 Å². The predicted molar refractivity (Wildman–Crippen MR) is 95.4 cm³/mol. The van der Waals surface area contributed by atoms with Crippen molar-refractivity contribution in [1.29, 1.82) is 0 Å². The molecule has 0 aromatic heterocycles. The predicted octanol–water partition coefficient (Wildman–Crippen LogP) is 3.24. The Morgan fingerprint density at radius 3 is 2.19 bits per heavy atom. The van der Waals surface area contributed by atoms with Crippen molar-refractivity contribution in [2.45, 2.75) is 51.3 Å². The Bertz CT molecular complexity index is 723. The van der Waals surface area contributed by atoms with Crippen molar-refractivity contribution >= 4 is 22.1 Å². The second-order valence-corrected chi connectivity index (χ2v) is 7.93. The van der Waals surface area contributed by atoms with Gasteiger partial charge in [-0.3, -0.25) is 9.35 Å². The number of unbranched alkanes of at least 4 members (excludes halogenated alkanes) is 2. The molecule has 1 aromatic carbocycles. The molecule has 1 aromatic rings. The van der Waals surface area contributed by atoms with Gasteiger partial charge in [0.05, 0.1) is 24.2 Å². The Balaban J connectivity index is 2.33. The highest BCUT2D eigenvalue weighted by Gasteiger charge is 2.26. The third-order valence-corrected chi connectivity index (χ3v) is 4.99. The third kappa shape index (κ3) is 6.76. The van der Waals surface area contributed by atoms with E-state index in [1.807, 2.05) is 20.8 Å². The molecule has 0 spiro atoms. The van der Waals surface area contributed by atoms with Crippen LogP contribution in [-0.4, -0.2) is 38.1 Å². The lowest BCUT2D eigenvalue weighted by atomic mass is 9.91. The SMILES string of the molecule is CCC(C)(C)C(=O)OCCCCCOC(=O)c1ccccc1S(=O)(=O)O. The molecule has 0 heterocycles. The number of rotatable bonds is 10. The molecule has 0 saturated heterocycles. The maximum absolute atomic E-state index is 12.0. The molecule has 0 amide bonds. The summed E-state index contributed by atoms with van der Waals surface area (Å²) in [5.41, 5.74) is -0.693. The number of ether oxygens (including phenoxy) is 2. The van der Waals surface area contributed by atoms with Crippen molar-refractivity contribution in [3.63, 3.8) is 0 Å². The van der Waals surface area contributed by atoms with Gasteiger partial charge in [-0.1, -0.05) is 19.1 Å². The third-order valence-electron chi connectivity index (χ3n) is 4.08. The Morgan fingerprint density at radius 1 is 1.04 bits per heavy atom. The van der Waals surface area contributed by atoms with Crippen molar-refractivity contribution < 1.29 is 32.0 Å². The average Bonchev–Trinajstić information content (AvgIpc) is 2.59. The van der Waals surface area contributed by atoms with Gasteiger partial charge in [-0.15, -0.1) is 0 Å². The summed E-state index contributed by atoms with van der Waals surface area (Å²) in [4.78, 5) is 23.3. The van der Waals surface area contributed by atoms with E-state index in [1.54, 1.807) is 0 Å². The summed E-state index contributed by atoms with van der Waals surface area (Å²) in [6, 6.07) is 5.30. The molecule has 0 unspecified atom stereocenters. The van der Waals surface area contributed by atoms with Crippen molar-refractivity contribution in [1.82, 2.24) is 0 Å². The highest BCUT2D eigenvalue weighted by Crippen LogP contribution is 2.21. The molecule has 146 valence electrons. The number of carbonyl (C=O) groups excluding carboxylic acids is 2. The molecule has 0 radical (unpaired) electrons. The monoisotopic (exact) mass is 386 g/mol. The number of hydrogen-bond donors (Lipinski definition) is 1. The van der Waals surface area contributed by atoms with Crippen LogP contribution in [0.1, 0.15) is 56.8 Å². The molecule has 0 bridgehead atoms. The maximum atomic E-state index is 12.0. The molecule has 0 atom stereocenters. The normalized spacial score (nSPS) is 11.8. The summed E-state index contributed by atoms with van der Waals surface area (Å²) in [6.45, 7) is 6.00. The summed E-state index contributed by atoms with van der Waals surface area (Å²) >= 11 is 0. The Kier molecular flexibility index (Phi) is 8.23. The zero-order valence-corrected chi connectivity index (χ0v) is 16.2. The molecule has 8 heteroatoms. The summed E-state index contributed by atoms with van der Waals surface area (Å²) in [5.74, 6) is -1.04. The van der Waals surface area contributed by atoms with E-state index in [1.165, 1.54) is 18.2 Å². The van der Waals surface area contributed by atoms with E-state index in [0.29, 0.717) is 32.3 Å². The van der Waals surface area contributed by atoms with Gasteiger partial charge in [0, 0.05) is 0 Å². The largest absolute Gasteiger partial charge is 0.465 e. The highest BCUT2D eigenvalue weighted by atomic mass is 32.2. The standard InChI is InChI=1S/C18H26O7S/c1-4-18(2,3)17(20)25-13-9-5-8-12-24-16(19)14-10-6-7-11-15(14)26(21,22)23/h6-7,10-11H,4-5,8-9,12-13H2,1-3H3,(H,21,22,23). The van der Waals surface area contributed by atoms with Crippen molar-refractivity contribution in [3.8, 4) is 0 Å². The minimum Gasteiger partial charge on any atom is -0.465 e. The number of carbonyl (C=O) groups is 2. The lowest BCUT2D eigenvalue weighted by molar-refractivity contribution is -0.154. The molecule has 0 aliphatic carbocycles. The van der Waals surface area contributed by atoms with Crippen molar-refractivity contribution in [2.24, 2.45) is 5.41 Å². The molecule has 0 aliphatic heterocycles. The van der Waals surface area contributed by atoms with Gasteiger partial charge in [0.2, 0.25) is 0 Å². The topological polar surface area (TPSA) is 107 Å². The second-order valence-electron chi connectivity index (χ2n) is 6.54. The quantitative estimate of drug-likeness (QED) is 0.374. The van der Waals surface area contributed by atoms with E-state index >= 15 is 0 Å². The Morgan fingerprint density at radius 2 is 1.62 bits per heavy atom. The fraction of sp³-hybridized carbons (Fsp3) is 0.556. The zero-order valence-electron chi connectivity index (χ0n) is 15.4. The first-order valence-corrected chi connectivity index (χ1v) is 9.94. The van der Waals surface area contributed by atoms with E-state index in [0.717, 1.165) is 6.07 Å². The molecule has 0 saturated carbocycles. The van der Waals surface area contributed by atoms with Crippen LogP contribution < -0.4 is 0 Å². The van der Waals surface area contributed by atoms with Crippen LogP contribution in [-0.2, 0) is 24.4 Å². The van der Waals surface area contributed by atoms with Crippen LogP contribution in [0.15, 0.2) is 29.2 Å². The molecule has 1 rings (SSSR count). The summed E-state index contributed by atoms with van der Waals surface area (Å²) < 4.78 is 41.9. The molecular formula is C18H26O7S. The van der Waals surface area contributed by atoms with Crippen LogP contribution in [0.5, 0.6) is 0 Å². The van der Waals surface area contributed by atoms with E-state index in [2.05, 4.69) is 0 Å². The minimum absolute atomic E-state index is 0.104. The molecular weight excluding hydrogens is 360 g/mol. The zero-order chi connectivity index (χ0) is 19.8. The van der Waals surface area contributed by atoms with Crippen LogP contribution in [0.25, 0.3) is 0 Å². The Labute approximate surface area is 154 Å². The summed E-state index contributed by atoms with van der Waals surface area (Å²) in [6.07, 6.45) is 2.58. The van der Waals surface area contributed by atoms with Gasteiger partial charge in [-0.2, -0.15) is 8.42 Å². The summed E-state index contributed by atoms with van der Waals surface area (Å²) in [7, 11) is -4.49. The van der Waals surface area contributed by atoms with Gasteiger partial charge in [0.15, 0.2) is 0 Å². The van der Waals surface area contributed by atoms with Crippen molar-refractivity contribution in [2.75, 3.05) is 13.2 Å². The van der Waals surface area contributed by atoms with Gasteiger partial charge < -0.3 is 9.47 Å². The number of hydrogen-bond acceptors (Lipinski definition) is 6. The first-order chi connectivity index (χ1) is 12.1. The lowest BCUT2D eigenvalue weighted by Crippen LogP contribution is -2.26. The van der Waals surface area contributed by atoms with Crippen LogP contribution in [0.2, 0.25) is 0 Å². The van der Waals surface area contributed by atoms with Gasteiger partial charge >= 0.3 is 11.9 Å². The molecule has 0 aliphatic rings. The van der Waals surface area contributed by atoms with Crippen LogP contribution in [0, 0.1) is 5.41 Å². The second kappa shape index (κ2) is 9.68. The average molecular weight is 386 g/mol. The van der Waals surface area contributed by atoms with Crippen molar-refractivity contribution in [3.05, 3.63) is 29.8 Å². The fourth-order valence-electron chi connectivity index (χ4n) is 1.99. The maximum Gasteiger partial charge on any atom is 0.339 e. The van der Waals surface area contributed by atoms with Crippen LogP contribution in [0.4, 0.5) is 0 Å². The van der Waals surface area contributed by atoms with Gasteiger partial charge in [-0.05, 0) is 51.7 Å². The molecule has 0 fully saturated rings. The van der Waals surface area contributed by atoms with E-state index < -0.39 is 26.4 Å². The first-order valence-electron chi connectivity index (χ1n) is 8.50. The van der Waals surface area contributed by atoms with Crippen LogP contribution in [0.3, 0.4) is 0 Å². The Hall–Kier alpha value is -1.93. The summed E-state index contributed by atoms with van der Waals surface area (Å²) in [5, 5.41) is 0. The highest BCUT2D eigenvalue weighted by molar-refractivity contribution is 7.86. The molecule has 26 heavy (non-hydrogen) atoms. The van der Waals surface area contributed by atoms with Gasteiger partial charge in [0.1, 0.15) is 4.90 Å². The molecule has 1 N–H and O–H groups in total. The van der Waals surface area contributed by atoms with Crippen LogP contribution >= 0.6 is 0 Å². The number of esters is 2. The van der Waals surface area contributed by atoms with E-state index in [4.69, 9.17) is 14.0 Å². The fourth-order valence-corrected chi connectivity index (χ4v) is 2.67. The first kappa shape index (κ1) is 22.1. The molecule has 7 nitrogen and oxygen atoms in total. The van der Waals surface area contributed by atoms with E-state index in [-0.39, 0.29) is 18.1 Å².